The van der Waals surface area contributed by atoms with E-state index in [-0.39, 0.29) is 23.7 Å². The summed E-state index contributed by atoms with van der Waals surface area (Å²) in [5, 5.41) is 2.79. The standard InChI is InChI=1S/C12H22N2O2/c1-4-6-7-14-12(16)9(3)8-10(5-2)11(13)15/h4,9-10H,1,5-8H2,2-3H3,(H2,13,15)(H,14,16). The van der Waals surface area contributed by atoms with Crippen molar-refractivity contribution >= 4 is 11.8 Å². The summed E-state index contributed by atoms with van der Waals surface area (Å²) in [7, 11) is 0. The molecule has 0 aliphatic rings. The van der Waals surface area contributed by atoms with Crippen LogP contribution in [0.2, 0.25) is 0 Å². The Labute approximate surface area is 97.3 Å². The van der Waals surface area contributed by atoms with E-state index in [1.807, 2.05) is 13.8 Å². The first-order valence-electron chi connectivity index (χ1n) is 5.70. The minimum Gasteiger partial charge on any atom is -0.369 e. The first-order chi connectivity index (χ1) is 7.52. The van der Waals surface area contributed by atoms with Gasteiger partial charge in [-0.25, -0.2) is 0 Å². The Morgan fingerprint density at radius 3 is 2.56 bits per heavy atom. The summed E-state index contributed by atoms with van der Waals surface area (Å²) in [5.41, 5.74) is 5.23. The highest BCUT2D eigenvalue weighted by molar-refractivity contribution is 5.80. The zero-order chi connectivity index (χ0) is 12.6. The van der Waals surface area contributed by atoms with Gasteiger partial charge in [0.25, 0.3) is 0 Å². The number of nitrogens with one attached hydrogen (secondary N) is 1. The van der Waals surface area contributed by atoms with E-state index in [0.717, 1.165) is 6.42 Å². The molecule has 0 saturated heterocycles. The van der Waals surface area contributed by atoms with Gasteiger partial charge in [-0.3, -0.25) is 9.59 Å². The smallest absolute Gasteiger partial charge is 0.222 e. The van der Waals surface area contributed by atoms with Crippen LogP contribution < -0.4 is 11.1 Å². The summed E-state index contributed by atoms with van der Waals surface area (Å²) in [6, 6.07) is 0. The molecule has 0 aromatic heterocycles. The van der Waals surface area contributed by atoms with Gasteiger partial charge in [0, 0.05) is 18.4 Å². The molecule has 2 amide bonds. The number of carbonyl (C=O) groups is 2. The molecule has 0 bridgehead atoms. The van der Waals surface area contributed by atoms with E-state index in [9.17, 15) is 9.59 Å². The fourth-order valence-corrected chi connectivity index (χ4v) is 1.49. The minimum absolute atomic E-state index is 0.0263. The fourth-order valence-electron chi connectivity index (χ4n) is 1.49. The highest BCUT2D eigenvalue weighted by Gasteiger charge is 2.20. The molecule has 2 atom stereocenters. The van der Waals surface area contributed by atoms with Gasteiger partial charge in [-0.15, -0.1) is 6.58 Å². The number of carbonyl (C=O) groups excluding carboxylic acids is 2. The van der Waals surface area contributed by atoms with Gasteiger partial charge in [0.05, 0.1) is 0 Å². The van der Waals surface area contributed by atoms with Crippen LogP contribution in [-0.4, -0.2) is 18.4 Å². The molecule has 4 heteroatoms. The Bertz CT molecular complexity index is 251. The van der Waals surface area contributed by atoms with E-state index >= 15 is 0 Å². The van der Waals surface area contributed by atoms with Crippen LogP contribution in [0.4, 0.5) is 0 Å². The molecular formula is C12H22N2O2. The van der Waals surface area contributed by atoms with Crippen molar-refractivity contribution in [2.24, 2.45) is 17.6 Å². The molecule has 0 aromatic carbocycles. The van der Waals surface area contributed by atoms with E-state index in [4.69, 9.17) is 5.73 Å². The van der Waals surface area contributed by atoms with Crippen molar-refractivity contribution in [3.8, 4) is 0 Å². The number of hydrogen-bond acceptors (Lipinski definition) is 2. The van der Waals surface area contributed by atoms with Crippen LogP contribution >= 0.6 is 0 Å². The van der Waals surface area contributed by atoms with Gasteiger partial charge in [-0.05, 0) is 19.3 Å². The number of primary amides is 1. The largest absolute Gasteiger partial charge is 0.369 e. The summed E-state index contributed by atoms with van der Waals surface area (Å²) in [6.07, 6.45) is 3.71. The molecule has 4 nitrogen and oxygen atoms in total. The highest BCUT2D eigenvalue weighted by atomic mass is 16.2. The maximum Gasteiger partial charge on any atom is 0.222 e. The van der Waals surface area contributed by atoms with Gasteiger partial charge in [0.15, 0.2) is 0 Å². The van der Waals surface area contributed by atoms with E-state index < -0.39 is 0 Å². The Morgan fingerprint density at radius 1 is 1.50 bits per heavy atom. The average Bonchev–Trinajstić information content (AvgIpc) is 2.25. The molecule has 0 aliphatic heterocycles. The quantitative estimate of drug-likeness (QED) is 0.482. The Hall–Kier alpha value is -1.32. The van der Waals surface area contributed by atoms with Crippen molar-refractivity contribution in [2.45, 2.75) is 33.1 Å². The van der Waals surface area contributed by atoms with Gasteiger partial charge in [-0.1, -0.05) is 19.9 Å². The lowest BCUT2D eigenvalue weighted by atomic mass is 9.92. The molecule has 2 unspecified atom stereocenters. The minimum atomic E-state index is -0.326. The van der Waals surface area contributed by atoms with Gasteiger partial charge in [-0.2, -0.15) is 0 Å². The lowest BCUT2D eigenvalue weighted by molar-refractivity contribution is -0.126. The molecule has 0 heterocycles. The average molecular weight is 226 g/mol. The second-order valence-electron chi connectivity index (χ2n) is 4.01. The molecule has 0 aromatic rings. The molecule has 3 N–H and O–H groups in total. The van der Waals surface area contributed by atoms with Crippen molar-refractivity contribution in [1.82, 2.24) is 5.32 Å². The third-order valence-corrected chi connectivity index (χ3v) is 2.63. The van der Waals surface area contributed by atoms with Gasteiger partial charge < -0.3 is 11.1 Å². The third kappa shape index (κ3) is 5.53. The summed E-state index contributed by atoms with van der Waals surface area (Å²) < 4.78 is 0. The lowest BCUT2D eigenvalue weighted by Gasteiger charge is -2.16. The van der Waals surface area contributed by atoms with Gasteiger partial charge >= 0.3 is 0 Å². The second-order valence-corrected chi connectivity index (χ2v) is 4.01. The zero-order valence-corrected chi connectivity index (χ0v) is 10.2. The summed E-state index contributed by atoms with van der Waals surface area (Å²) in [5.74, 6) is -0.739. The van der Waals surface area contributed by atoms with Crippen LogP contribution in [0.15, 0.2) is 12.7 Å². The topological polar surface area (TPSA) is 72.2 Å². The number of hydrogen-bond donors (Lipinski definition) is 2. The van der Waals surface area contributed by atoms with E-state index in [1.165, 1.54) is 0 Å². The maximum absolute atomic E-state index is 11.6. The molecule has 0 aliphatic carbocycles. The van der Waals surface area contributed by atoms with Gasteiger partial charge in [0.1, 0.15) is 0 Å². The number of rotatable bonds is 8. The SMILES string of the molecule is C=CCCNC(=O)C(C)CC(CC)C(N)=O. The predicted molar refractivity (Wildman–Crippen MR) is 64.6 cm³/mol. The van der Waals surface area contributed by atoms with Crippen LogP contribution in [0.3, 0.4) is 0 Å². The molecule has 92 valence electrons. The molecule has 0 radical (unpaired) electrons. The van der Waals surface area contributed by atoms with E-state index in [0.29, 0.717) is 19.4 Å². The number of nitrogens with two attached hydrogens (primary N) is 1. The Morgan fingerprint density at radius 2 is 2.12 bits per heavy atom. The third-order valence-electron chi connectivity index (χ3n) is 2.63. The zero-order valence-electron chi connectivity index (χ0n) is 10.2. The fraction of sp³-hybridized carbons (Fsp3) is 0.667. The first-order valence-corrected chi connectivity index (χ1v) is 5.70. The van der Waals surface area contributed by atoms with Crippen molar-refractivity contribution in [3.05, 3.63) is 12.7 Å². The first kappa shape index (κ1) is 14.7. The molecule has 16 heavy (non-hydrogen) atoms. The lowest BCUT2D eigenvalue weighted by Crippen LogP contribution is -2.33. The second kappa shape index (κ2) is 7.91. The van der Waals surface area contributed by atoms with E-state index in [1.54, 1.807) is 6.08 Å². The van der Waals surface area contributed by atoms with Crippen LogP contribution in [0.1, 0.15) is 33.1 Å². The van der Waals surface area contributed by atoms with Crippen molar-refractivity contribution in [1.29, 1.82) is 0 Å². The van der Waals surface area contributed by atoms with Gasteiger partial charge in [0.2, 0.25) is 11.8 Å². The van der Waals surface area contributed by atoms with Crippen molar-refractivity contribution in [2.75, 3.05) is 6.54 Å². The molecular weight excluding hydrogens is 204 g/mol. The monoisotopic (exact) mass is 226 g/mol. The van der Waals surface area contributed by atoms with Crippen LogP contribution in [-0.2, 0) is 9.59 Å². The predicted octanol–water partition coefficient (Wildman–Crippen LogP) is 1.22. The van der Waals surface area contributed by atoms with Crippen LogP contribution in [0.5, 0.6) is 0 Å². The van der Waals surface area contributed by atoms with E-state index in [2.05, 4.69) is 11.9 Å². The van der Waals surface area contributed by atoms with Crippen molar-refractivity contribution in [3.63, 3.8) is 0 Å². The van der Waals surface area contributed by atoms with Crippen LogP contribution in [0, 0.1) is 11.8 Å². The van der Waals surface area contributed by atoms with Crippen LogP contribution in [0.25, 0.3) is 0 Å². The highest BCUT2D eigenvalue weighted by Crippen LogP contribution is 2.15. The van der Waals surface area contributed by atoms with Crippen molar-refractivity contribution < 1.29 is 9.59 Å². The summed E-state index contributed by atoms with van der Waals surface area (Å²) in [6.45, 7) is 7.89. The maximum atomic E-state index is 11.6. The molecule has 0 spiro atoms. The molecule has 0 rings (SSSR count). The Balaban J connectivity index is 4.02. The normalized spacial score (nSPS) is 13.9. The summed E-state index contributed by atoms with van der Waals surface area (Å²) >= 11 is 0. The summed E-state index contributed by atoms with van der Waals surface area (Å²) in [4.78, 5) is 22.6. The number of amides is 2. The Kier molecular flexibility index (Phi) is 7.25. The molecule has 0 fully saturated rings. The molecule has 0 saturated carbocycles.